The fourth-order valence-electron chi connectivity index (χ4n) is 2.65. The highest BCUT2D eigenvalue weighted by molar-refractivity contribution is 5.53. The summed E-state index contributed by atoms with van der Waals surface area (Å²) in [5.41, 5.74) is 0.326. The highest BCUT2D eigenvalue weighted by Crippen LogP contribution is 2.41. The Morgan fingerprint density at radius 1 is 0.917 bits per heavy atom. The number of benzene rings is 1. The molecular formula is C18H23F3O3. The predicted octanol–water partition coefficient (Wildman–Crippen LogP) is 5.25. The van der Waals surface area contributed by atoms with Gasteiger partial charge in [0.2, 0.25) is 0 Å². The third kappa shape index (κ3) is 5.21. The molecule has 2 fully saturated rings. The van der Waals surface area contributed by atoms with E-state index in [9.17, 15) is 13.2 Å². The highest BCUT2D eigenvalue weighted by atomic mass is 19.4. The van der Waals surface area contributed by atoms with Gasteiger partial charge in [-0.2, -0.15) is 0 Å². The van der Waals surface area contributed by atoms with E-state index in [1.54, 1.807) is 13.0 Å². The van der Waals surface area contributed by atoms with Crippen molar-refractivity contribution in [1.29, 1.82) is 0 Å². The molecule has 0 spiro atoms. The predicted molar refractivity (Wildman–Crippen MR) is 83.5 cm³/mol. The minimum atomic E-state index is -4.76. The van der Waals surface area contributed by atoms with Crippen LogP contribution in [0.2, 0.25) is 0 Å². The monoisotopic (exact) mass is 344 g/mol. The number of halogens is 3. The second-order valence-electron chi connectivity index (χ2n) is 6.72. The van der Waals surface area contributed by atoms with E-state index >= 15 is 0 Å². The van der Waals surface area contributed by atoms with Gasteiger partial charge >= 0.3 is 6.36 Å². The molecule has 0 atom stereocenters. The SMILES string of the molecule is Cc1c(OCCC2CC2)ccc(OCCC2CC2)c1OC(F)(F)F. The summed E-state index contributed by atoms with van der Waals surface area (Å²) >= 11 is 0. The average Bonchev–Trinajstić information content (AvgIpc) is 3.38. The van der Waals surface area contributed by atoms with E-state index in [1.165, 1.54) is 31.7 Å². The van der Waals surface area contributed by atoms with Crippen LogP contribution in [0.1, 0.15) is 44.1 Å². The van der Waals surface area contributed by atoms with Crippen LogP contribution in [0.5, 0.6) is 17.2 Å². The number of ether oxygens (including phenoxy) is 3. The Bertz CT molecular complexity index is 563. The summed E-state index contributed by atoms with van der Waals surface area (Å²) in [5, 5.41) is 0. The van der Waals surface area contributed by atoms with Crippen LogP contribution in [0.25, 0.3) is 0 Å². The first kappa shape index (κ1) is 17.2. The standard InChI is InChI=1S/C18H23F3O3/c1-12-15(22-10-8-13-2-3-13)6-7-16(17(12)24-18(19,20)21)23-11-9-14-4-5-14/h6-7,13-14H,2-5,8-11H2,1H3. The maximum atomic E-state index is 12.7. The molecule has 0 heterocycles. The van der Waals surface area contributed by atoms with Crippen molar-refractivity contribution < 1.29 is 27.4 Å². The number of hydrogen-bond acceptors (Lipinski definition) is 3. The van der Waals surface area contributed by atoms with Crippen molar-refractivity contribution in [1.82, 2.24) is 0 Å². The van der Waals surface area contributed by atoms with Crippen LogP contribution in [-0.4, -0.2) is 19.6 Å². The molecule has 0 aromatic heterocycles. The van der Waals surface area contributed by atoms with E-state index in [2.05, 4.69) is 4.74 Å². The van der Waals surface area contributed by atoms with Crippen LogP contribution >= 0.6 is 0 Å². The number of hydrogen-bond donors (Lipinski definition) is 0. The summed E-state index contributed by atoms with van der Waals surface area (Å²) in [5.74, 6) is 1.62. The second kappa shape index (κ2) is 7.11. The Labute approximate surface area is 140 Å². The van der Waals surface area contributed by atoms with Crippen molar-refractivity contribution >= 4 is 0 Å². The molecule has 1 aromatic rings. The molecule has 0 N–H and O–H groups in total. The molecule has 3 nitrogen and oxygen atoms in total. The zero-order valence-corrected chi connectivity index (χ0v) is 13.8. The summed E-state index contributed by atoms with van der Waals surface area (Å²) in [7, 11) is 0. The minimum Gasteiger partial charge on any atom is -0.493 e. The number of rotatable bonds is 9. The second-order valence-corrected chi connectivity index (χ2v) is 6.72. The van der Waals surface area contributed by atoms with Crippen LogP contribution in [0.3, 0.4) is 0 Å². The molecule has 6 heteroatoms. The van der Waals surface area contributed by atoms with Crippen LogP contribution in [0, 0.1) is 18.8 Å². The van der Waals surface area contributed by atoms with Gasteiger partial charge in [-0.25, -0.2) is 0 Å². The average molecular weight is 344 g/mol. The van der Waals surface area contributed by atoms with Gasteiger partial charge in [0, 0.05) is 5.56 Å². The molecular weight excluding hydrogens is 321 g/mol. The van der Waals surface area contributed by atoms with Crippen LogP contribution in [-0.2, 0) is 0 Å². The van der Waals surface area contributed by atoms with Crippen LogP contribution < -0.4 is 14.2 Å². The highest BCUT2D eigenvalue weighted by Gasteiger charge is 2.34. The fraction of sp³-hybridized carbons (Fsp3) is 0.667. The maximum Gasteiger partial charge on any atom is 0.573 e. The molecule has 2 saturated carbocycles. The van der Waals surface area contributed by atoms with E-state index in [1.807, 2.05) is 0 Å². The lowest BCUT2D eigenvalue weighted by atomic mass is 10.2. The topological polar surface area (TPSA) is 27.7 Å². The molecule has 0 aliphatic heterocycles. The fourth-order valence-corrected chi connectivity index (χ4v) is 2.65. The first-order valence-corrected chi connectivity index (χ1v) is 8.57. The van der Waals surface area contributed by atoms with E-state index in [4.69, 9.17) is 9.47 Å². The minimum absolute atomic E-state index is 0.125. The molecule has 0 bridgehead atoms. The van der Waals surface area contributed by atoms with Gasteiger partial charge in [-0.3, -0.25) is 0 Å². The molecule has 0 amide bonds. The largest absolute Gasteiger partial charge is 0.573 e. The van der Waals surface area contributed by atoms with E-state index < -0.39 is 6.36 Å². The molecule has 2 aliphatic carbocycles. The summed E-state index contributed by atoms with van der Waals surface area (Å²) < 4.78 is 53.6. The summed E-state index contributed by atoms with van der Waals surface area (Å²) in [6.07, 6.45) is 1.85. The normalized spacial score (nSPS) is 17.7. The van der Waals surface area contributed by atoms with Crippen LogP contribution in [0.15, 0.2) is 12.1 Å². The summed E-state index contributed by atoms with van der Waals surface area (Å²) in [4.78, 5) is 0. The van der Waals surface area contributed by atoms with E-state index in [0.717, 1.165) is 12.8 Å². The van der Waals surface area contributed by atoms with Gasteiger partial charge in [0.1, 0.15) is 5.75 Å². The van der Waals surface area contributed by atoms with Crippen molar-refractivity contribution in [2.45, 2.75) is 51.8 Å². The number of alkyl halides is 3. The van der Waals surface area contributed by atoms with Crippen molar-refractivity contribution in [2.24, 2.45) is 11.8 Å². The summed E-state index contributed by atoms with van der Waals surface area (Å²) in [6.45, 7) is 2.49. The molecule has 0 saturated heterocycles. The first-order chi connectivity index (χ1) is 11.4. The van der Waals surface area contributed by atoms with E-state index in [0.29, 0.717) is 36.4 Å². The van der Waals surface area contributed by atoms with Gasteiger partial charge in [0.15, 0.2) is 11.5 Å². The lowest BCUT2D eigenvalue weighted by Gasteiger charge is -2.18. The zero-order valence-electron chi connectivity index (χ0n) is 13.8. The van der Waals surface area contributed by atoms with Gasteiger partial charge in [0.25, 0.3) is 0 Å². The van der Waals surface area contributed by atoms with Crippen molar-refractivity contribution in [3.8, 4) is 17.2 Å². The molecule has 0 radical (unpaired) electrons. The molecule has 134 valence electrons. The lowest BCUT2D eigenvalue weighted by molar-refractivity contribution is -0.275. The lowest BCUT2D eigenvalue weighted by Crippen LogP contribution is -2.19. The smallest absolute Gasteiger partial charge is 0.493 e. The van der Waals surface area contributed by atoms with Gasteiger partial charge in [0.05, 0.1) is 13.2 Å². The quantitative estimate of drug-likeness (QED) is 0.612. The maximum absolute atomic E-state index is 12.7. The molecule has 1 aromatic carbocycles. The Morgan fingerprint density at radius 3 is 1.92 bits per heavy atom. The van der Waals surface area contributed by atoms with Crippen molar-refractivity contribution in [3.05, 3.63) is 17.7 Å². The molecule has 3 rings (SSSR count). The Morgan fingerprint density at radius 2 is 1.42 bits per heavy atom. The van der Waals surface area contributed by atoms with Crippen molar-refractivity contribution in [3.63, 3.8) is 0 Å². The zero-order chi connectivity index (χ0) is 17.2. The Kier molecular flexibility index (Phi) is 5.11. The first-order valence-electron chi connectivity index (χ1n) is 8.57. The van der Waals surface area contributed by atoms with Crippen molar-refractivity contribution in [2.75, 3.05) is 13.2 Å². The molecule has 2 aliphatic rings. The summed E-state index contributed by atoms with van der Waals surface area (Å²) in [6, 6.07) is 3.17. The molecule has 24 heavy (non-hydrogen) atoms. The Hall–Kier alpha value is -1.59. The van der Waals surface area contributed by atoms with Gasteiger partial charge in [-0.1, -0.05) is 25.7 Å². The van der Waals surface area contributed by atoms with Gasteiger partial charge < -0.3 is 14.2 Å². The third-order valence-electron chi connectivity index (χ3n) is 4.50. The van der Waals surface area contributed by atoms with Gasteiger partial charge in [-0.05, 0) is 43.7 Å². The third-order valence-corrected chi connectivity index (χ3v) is 4.50. The Balaban J connectivity index is 1.68. The molecule has 0 unspecified atom stereocenters. The van der Waals surface area contributed by atoms with Crippen LogP contribution in [0.4, 0.5) is 13.2 Å². The van der Waals surface area contributed by atoms with E-state index in [-0.39, 0.29) is 11.5 Å². The van der Waals surface area contributed by atoms with Gasteiger partial charge in [-0.15, -0.1) is 13.2 Å².